The fraction of sp³-hybridized carbons (Fsp3) is 0.333. The summed E-state index contributed by atoms with van der Waals surface area (Å²) in [5.41, 5.74) is -0.0340. The van der Waals surface area contributed by atoms with Crippen molar-refractivity contribution in [3.63, 3.8) is 0 Å². The van der Waals surface area contributed by atoms with Gasteiger partial charge in [0.2, 0.25) is 11.8 Å². The number of amides is 2. The number of halogens is 2. The van der Waals surface area contributed by atoms with E-state index in [9.17, 15) is 14.0 Å². The highest BCUT2D eigenvalue weighted by Crippen LogP contribution is 2.37. The molecule has 90 valence electrons. The third-order valence-corrected chi connectivity index (χ3v) is 3.27. The van der Waals surface area contributed by atoms with Crippen LogP contribution in [0.5, 0.6) is 0 Å². The van der Waals surface area contributed by atoms with Crippen molar-refractivity contribution in [3.8, 4) is 0 Å². The maximum absolute atomic E-state index is 13.0. The Morgan fingerprint density at radius 3 is 2.41 bits per heavy atom. The van der Waals surface area contributed by atoms with E-state index in [-0.39, 0.29) is 29.7 Å². The van der Waals surface area contributed by atoms with Gasteiger partial charge in [0, 0.05) is 23.3 Å². The molecule has 17 heavy (non-hydrogen) atoms. The summed E-state index contributed by atoms with van der Waals surface area (Å²) in [6.45, 7) is 1.78. The van der Waals surface area contributed by atoms with Gasteiger partial charge in [0.1, 0.15) is 5.82 Å². The third-order valence-electron chi connectivity index (χ3n) is 2.96. The lowest BCUT2D eigenvalue weighted by Crippen LogP contribution is -2.45. The normalized spacial score (nSPS) is 19.0. The van der Waals surface area contributed by atoms with E-state index in [0.29, 0.717) is 5.56 Å². The van der Waals surface area contributed by atoms with Crippen molar-refractivity contribution < 1.29 is 14.0 Å². The Labute approximate surface area is 103 Å². The van der Waals surface area contributed by atoms with Crippen LogP contribution in [0.4, 0.5) is 4.39 Å². The number of carbonyl (C=O) groups excluding carboxylic acids is 2. The molecule has 0 radical (unpaired) electrons. The zero-order valence-corrected chi connectivity index (χ0v) is 9.97. The van der Waals surface area contributed by atoms with E-state index >= 15 is 0 Å². The van der Waals surface area contributed by atoms with Gasteiger partial charge in [-0.15, -0.1) is 0 Å². The van der Waals surface area contributed by atoms with Gasteiger partial charge in [-0.3, -0.25) is 14.9 Å². The average Bonchev–Trinajstić information content (AvgIpc) is 2.13. The molecule has 0 bridgehead atoms. The summed E-state index contributed by atoms with van der Waals surface area (Å²) >= 11 is 5.96. The standard InChI is InChI=1S/C12H11ClFNO2/c1-12(5-10(16)15-11(17)6-12)8-3-2-7(14)4-9(8)13/h2-4H,5-6H2,1H3,(H,15,16,17). The Morgan fingerprint density at radius 2 is 1.88 bits per heavy atom. The number of nitrogens with one attached hydrogen (secondary N) is 1. The van der Waals surface area contributed by atoms with Crippen molar-refractivity contribution in [1.82, 2.24) is 5.32 Å². The van der Waals surface area contributed by atoms with E-state index < -0.39 is 11.2 Å². The minimum atomic E-state index is -0.662. The largest absolute Gasteiger partial charge is 0.296 e. The Bertz CT molecular complexity index is 485. The second-order valence-corrected chi connectivity index (χ2v) is 4.92. The predicted molar refractivity (Wildman–Crippen MR) is 61.1 cm³/mol. The van der Waals surface area contributed by atoms with Crippen LogP contribution in [0.2, 0.25) is 5.02 Å². The Balaban J connectivity index is 2.43. The topological polar surface area (TPSA) is 46.2 Å². The molecule has 1 fully saturated rings. The number of rotatable bonds is 1. The summed E-state index contributed by atoms with van der Waals surface area (Å²) in [6.07, 6.45) is 0.341. The molecule has 0 unspecified atom stereocenters. The van der Waals surface area contributed by atoms with Crippen LogP contribution in [0.3, 0.4) is 0 Å². The van der Waals surface area contributed by atoms with Gasteiger partial charge in [0.15, 0.2) is 0 Å². The van der Waals surface area contributed by atoms with Crippen molar-refractivity contribution in [2.75, 3.05) is 0 Å². The maximum atomic E-state index is 13.0. The molecule has 1 heterocycles. The molecule has 1 N–H and O–H groups in total. The first kappa shape index (κ1) is 12.0. The molecule has 2 amide bonds. The molecule has 2 rings (SSSR count). The third kappa shape index (κ3) is 2.31. The fourth-order valence-electron chi connectivity index (χ4n) is 2.18. The molecule has 1 aromatic carbocycles. The van der Waals surface area contributed by atoms with Crippen molar-refractivity contribution in [2.24, 2.45) is 0 Å². The molecule has 5 heteroatoms. The molecule has 0 saturated carbocycles. The number of imide groups is 1. The van der Waals surface area contributed by atoms with Gasteiger partial charge in [-0.1, -0.05) is 24.6 Å². The highest BCUT2D eigenvalue weighted by atomic mass is 35.5. The summed E-state index contributed by atoms with van der Waals surface area (Å²) in [5, 5.41) is 2.49. The van der Waals surface area contributed by atoms with Crippen molar-refractivity contribution in [1.29, 1.82) is 0 Å². The molecule has 0 aromatic heterocycles. The highest BCUT2D eigenvalue weighted by molar-refractivity contribution is 6.31. The van der Waals surface area contributed by atoms with Gasteiger partial charge in [0.25, 0.3) is 0 Å². The van der Waals surface area contributed by atoms with Crippen LogP contribution < -0.4 is 5.32 Å². The van der Waals surface area contributed by atoms with Crippen LogP contribution in [0.25, 0.3) is 0 Å². The van der Waals surface area contributed by atoms with Crippen LogP contribution in [0, 0.1) is 5.82 Å². The fourth-order valence-corrected chi connectivity index (χ4v) is 2.58. The lowest BCUT2D eigenvalue weighted by molar-refractivity contribution is -0.135. The SMILES string of the molecule is CC1(c2ccc(F)cc2Cl)CC(=O)NC(=O)C1. The number of piperidine rings is 1. The first-order chi connectivity index (χ1) is 7.90. The minimum Gasteiger partial charge on any atom is -0.296 e. The maximum Gasteiger partial charge on any atom is 0.227 e. The van der Waals surface area contributed by atoms with E-state index in [0.717, 1.165) is 0 Å². The summed E-state index contributed by atoms with van der Waals surface area (Å²) in [4.78, 5) is 22.8. The second kappa shape index (κ2) is 4.11. The molecule has 1 aromatic rings. The number of carbonyl (C=O) groups is 2. The summed E-state index contributed by atoms with van der Waals surface area (Å²) in [7, 11) is 0. The summed E-state index contributed by atoms with van der Waals surface area (Å²) in [5.74, 6) is -1.10. The van der Waals surface area contributed by atoms with E-state index in [1.165, 1.54) is 18.2 Å². The monoisotopic (exact) mass is 255 g/mol. The lowest BCUT2D eigenvalue weighted by Gasteiger charge is -2.33. The van der Waals surface area contributed by atoms with E-state index in [1.54, 1.807) is 6.92 Å². The molecular weight excluding hydrogens is 245 g/mol. The second-order valence-electron chi connectivity index (χ2n) is 4.51. The Morgan fingerprint density at radius 1 is 1.29 bits per heavy atom. The number of hydrogen-bond donors (Lipinski definition) is 1. The smallest absolute Gasteiger partial charge is 0.227 e. The van der Waals surface area contributed by atoms with Crippen molar-refractivity contribution in [3.05, 3.63) is 34.6 Å². The van der Waals surface area contributed by atoms with E-state index in [4.69, 9.17) is 11.6 Å². The van der Waals surface area contributed by atoms with Crippen molar-refractivity contribution in [2.45, 2.75) is 25.2 Å². The zero-order valence-electron chi connectivity index (χ0n) is 9.22. The average molecular weight is 256 g/mol. The Kier molecular flexibility index (Phi) is 2.91. The lowest BCUT2D eigenvalue weighted by atomic mass is 9.74. The quantitative estimate of drug-likeness (QED) is 0.782. The van der Waals surface area contributed by atoms with E-state index in [2.05, 4.69) is 5.32 Å². The molecular formula is C12H11ClFNO2. The molecule has 0 spiro atoms. The number of hydrogen-bond acceptors (Lipinski definition) is 2. The molecule has 1 aliphatic rings. The Hall–Kier alpha value is -1.42. The van der Waals surface area contributed by atoms with Gasteiger partial charge in [-0.2, -0.15) is 0 Å². The molecule has 0 aliphatic carbocycles. The predicted octanol–water partition coefficient (Wildman–Crippen LogP) is 2.17. The molecule has 3 nitrogen and oxygen atoms in total. The first-order valence-corrected chi connectivity index (χ1v) is 5.57. The van der Waals surface area contributed by atoms with Crippen LogP contribution in [0.1, 0.15) is 25.3 Å². The molecule has 0 atom stereocenters. The van der Waals surface area contributed by atoms with Crippen LogP contribution in [0.15, 0.2) is 18.2 Å². The minimum absolute atomic E-state index is 0.171. The van der Waals surface area contributed by atoms with Gasteiger partial charge < -0.3 is 0 Å². The van der Waals surface area contributed by atoms with Gasteiger partial charge >= 0.3 is 0 Å². The highest BCUT2D eigenvalue weighted by Gasteiger charge is 2.38. The van der Waals surface area contributed by atoms with Crippen LogP contribution in [-0.4, -0.2) is 11.8 Å². The van der Waals surface area contributed by atoms with Crippen molar-refractivity contribution >= 4 is 23.4 Å². The number of benzene rings is 1. The molecule has 1 saturated heterocycles. The van der Waals surface area contributed by atoms with Gasteiger partial charge in [-0.25, -0.2) is 4.39 Å². The van der Waals surface area contributed by atoms with E-state index in [1.807, 2.05) is 0 Å². The van der Waals surface area contributed by atoms with Gasteiger partial charge in [0.05, 0.1) is 0 Å². The summed E-state index contributed by atoms with van der Waals surface area (Å²) < 4.78 is 13.0. The van der Waals surface area contributed by atoms with Gasteiger partial charge in [-0.05, 0) is 17.7 Å². The zero-order chi connectivity index (χ0) is 12.6. The van der Waals surface area contributed by atoms with Crippen LogP contribution >= 0.6 is 11.6 Å². The molecule has 1 aliphatic heterocycles. The first-order valence-electron chi connectivity index (χ1n) is 5.19. The van der Waals surface area contributed by atoms with Crippen LogP contribution in [-0.2, 0) is 15.0 Å². The summed E-state index contributed by atoms with van der Waals surface area (Å²) in [6, 6.07) is 4.01.